The number of Topliss-reactive ketones (excluding diaryl/α,β-unsaturated/α-hetero) is 1. The molecule has 0 radical (unpaired) electrons. The summed E-state index contributed by atoms with van der Waals surface area (Å²) in [7, 11) is 0. The molecule has 3 amide bonds. The Hall–Kier alpha value is -3.75. The van der Waals surface area contributed by atoms with E-state index in [4.69, 9.17) is 4.74 Å². The summed E-state index contributed by atoms with van der Waals surface area (Å²) >= 11 is 0. The van der Waals surface area contributed by atoms with Crippen LogP contribution in [0.2, 0.25) is 0 Å². The fourth-order valence-corrected chi connectivity index (χ4v) is 3.14. The number of ketones is 1. The van der Waals surface area contributed by atoms with Crippen molar-refractivity contribution in [3.63, 3.8) is 0 Å². The lowest BCUT2D eigenvalue weighted by molar-refractivity contribution is -0.384. The summed E-state index contributed by atoms with van der Waals surface area (Å²) in [5.41, 5.74) is -0.584. The first-order valence-corrected chi connectivity index (χ1v) is 8.86. The van der Waals surface area contributed by atoms with Gasteiger partial charge in [-0.3, -0.25) is 24.6 Å². The molecular weight excluding hydrogens is 378 g/mol. The van der Waals surface area contributed by atoms with Crippen molar-refractivity contribution in [1.29, 1.82) is 0 Å². The Morgan fingerprint density at radius 1 is 1.17 bits per heavy atom. The molecule has 1 heterocycles. The third kappa shape index (κ3) is 3.79. The van der Waals surface area contributed by atoms with Gasteiger partial charge in [-0.2, -0.15) is 0 Å². The molecule has 2 aromatic rings. The number of carbonyl (C=O) groups is 3. The van der Waals surface area contributed by atoms with Gasteiger partial charge in [-0.15, -0.1) is 0 Å². The topological polar surface area (TPSA) is 119 Å². The molecule has 1 unspecified atom stereocenters. The van der Waals surface area contributed by atoms with Gasteiger partial charge in [-0.25, -0.2) is 4.79 Å². The Bertz CT molecular complexity index is 988. The Kier molecular flexibility index (Phi) is 5.31. The maximum absolute atomic E-state index is 12.9. The predicted octanol–water partition coefficient (Wildman–Crippen LogP) is 2.64. The van der Waals surface area contributed by atoms with Gasteiger partial charge in [0.25, 0.3) is 11.6 Å². The van der Waals surface area contributed by atoms with E-state index in [-0.39, 0.29) is 24.6 Å². The molecule has 1 saturated heterocycles. The van der Waals surface area contributed by atoms with Crippen molar-refractivity contribution in [3.8, 4) is 5.75 Å². The molecule has 29 heavy (non-hydrogen) atoms. The van der Waals surface area contributed by atoms with E-state index in [1.165, 1.54) is 31.2 Å². The highest BCUT2D eigenvalue weighted by Gasteiger charge is 2.48. The highest BCUT2D eigenvalue weighted by atomic mass is 16.6. The number of non-ortho nitro benzene ring substituents is 1. The van der Waals surface area contributed by atoms with E-state index in [2.05, 4.69) is 5.32 Å². The van der Waals surface area contributed by atoms with Crippen molar-refractivity contribution >= 4 is 23.4 Å². The molecule has 150 valence electrons. The Morgan fingerprint density at radius 3 is 2.45 bits per heavy atom. The first kappa shape index (κ1) is 20.0. The number of hydrogen-bond acceptors (Lipinski definition) is 6. The van der Waals surface area contributed by atoms with E-state index in [9.17, 15) is 24.5 Å². The Morgan fingerprint density at radius 2 is 1.83 bits per heavy atom. The lowest BCUT2D eigenvalue weighted by Crippen LogP contribution is -2.41. The normalized spacial score (nSPS) is 18.5. The van der Waals surface area contributed by atoms with Crippen LogP contribution in [0.3, 0.4) is 0 Å². The number of rotatable bonds is 7. The number of nitro benzene ring substituents is 1. The number of carbonyl (C=O) groups excluding carboxylic acids is 3. The fraction of sp³-hybridized carbons (Fsp3) is 0.250. The zero-order valence-corrected chi connectivity index (χ0v) is 15.9. The van der Waals surface area contributed by atoms with Gasteiger partial charge in [0.1, 0.15) is 17.9 Å². The smallest absolute Gasteiger partial charge is 0.325 e. The summed E-state index contributed by atoms with van der Waals surface area (Å²) in [5, 5.41) is 13.4. The zero-order chi connectivity index (χ0) is 21.2. The average Bonchev–Trinajstić information content (AvgIpc) is 2.92. The van der Waals surface area contributed by atoms with E-state index < -0.39 is 22.4 Å². The molecule has 1 aliphatic rings. The number of nitrogens with one attached hydrogen (secondary N) is 1. The molecule has 0 aliphatic carbocycles. The minimum atomic E-state index is -1.33. The van der Waals surface area contributed by atoms with Gasteiger partial charge < -0.3 is 10.1 Å². The minimum absolute atomic E-state index is 0.0137. The number of imide groups is 1. The van der Waals surface area contributed by atoms with Crippen LogP contribution in [0.15, 0.2) is 48.5 Å². The molecule has 9 nitrogen and oxygen atoms in total. The standard InChI is InChI=1S/C20H19N3O6/c1-13(24)16-5-3-4-6-17(16)29-12-11-22-18(25)20(2,21-19(22)26)14-7-9-15(10-8-14)23(27)28/h3-10H,11-12H2,1-2H3,(H,21,26). The molecule has 1 fully saturated rings. The fourth-order valence-electron chi connectivity index (χ4n) is 3.14. The van der Waals surface area contributed by atoms with Gasteiger partial charge in [0, 0.05) is 12.1 Å². The number of nitro groups is 1. The number of amides is 3. The number of ether oxygens (including phenoxy) is 1. The van der Waals surface area contributed by atoms with Crippen LogP contribution >= 0.6 is 0 Å². The molecule has 0 aromatic heterocycles. The average molecular weight is 397 g/mol. The highest BCUT2D eigenvalue weighted by Crippen LogP contribution is 2.30. The largest absolute Gasteiger partial charge is 0.491 e. The SMILES string of the molecule is CC(=O)c1ccccc1OCCN1C(=O)NC(C)(c2ccc([N+](=O)[O-])cc2)C1=O. The van der Waals surface area contributed by atoms with Crippen molar-refractivity contribution in [2.75, 3.05) is 13.2 Å². The van der Waals surface area contributed by atoms with Gasteiger partial charge in [-0.1, -0.05) is 12.1 Å². The van der Waals surface area contributed by atoms with Crippen LogP contribution in [-0.4, -0.2) is 40.7 Å². The van der Waals surface area contributed by atoms with Crippen LogP contribution in [0.1, 0.15) is 29.8 Å². The molecule has 0 spiro atoms. The maximum atomic E-state index is 12.9. The van der Waals surface area contributed by atoms with Crippen LogP contribution in [0.25, 0.3) is 0 Å². The monoisotopic (exact) mass is 397 g/mol. The van der Waals surface area contributed by atoms with Crippen LogP contribution in [-0.2, 0) is 10.3 Å². The van der Waals surface area contributed by atoms with Crippen molar-refractivity contribution in [1.82, 2.24) is 10.2 Å². The maximum Gasteiger partial charge on any atom is 0.325 e. The second-order valence-corrected chi connectivity index (χ2v) is 6.72. The molecule has 1 aliphatic heterocycles. The van der Waals surface area contributed by atoms with Crippen LogP contribution in [0.5, 0.6) is 5.75 Å². The molecule has 9 heteroatoms. The van der Waals surface area contributed by atoms with Crippen LogP contribution in [0, 0.1) is 10.1 Å². The number of urea groups is 1. The van der Waals surface area contributed by atoms with Crippen molar-refractivity contribution in [2.24, 2.45) is 0 Å². The second-order valence-electron chi connectivity index (χ2n) is 6.72. The first-order chi connectivity index (χ1) is 13.7. The van der Waals surface area contributed by atoms with Gasteiger partial charge in [0.05, 0.1) is 17.0 Å². The van der Waals surface area contributed by atoms with Gasteiger partial charge in [0.2, 0.25) is 0 Å². The van der Waals surface area contributed by atoms with Crippen molar-refractivity contribution < 1.29 is 24.0 Å². The summed E-state index contributed by atoms with van der Waals surface area (Å²) in [6.07, 6.45) is 0. The van der Waals surface area contributed by atoms with Crippen LogP contribution < -0.4 is 10.1 Å². The van der Waals surface area contributed by atoms with Gasteiger partial charge >= 0.3 is 6.03 Å². The molecule has 3 rings (SSSR count). The van der Waals surface area contributed by atoms with Crippen molar-refractivity contribution in [3.05, 3.63) is 69.8 Å². The summed E-state index contributed by atoms with van der Waals surface area (Å²) in [6.45, 7) is 2.97. The lowest BCUT2D eigenvalue weighted by Gasteiger charge is -2.22. The third-order valence-corrected chi connectivity index (χ3v) is 4.77. The number of benzene rings is 2. The summed E-state index contributed by atoms with van der Waals surface area (Å²) < 4.78 is 5.60. The first-order valence-electron chi connectivity index (χ1n) is 8.86. The second kappa shape index (κ2) is 7.70. The molecule has 1 atom stereocenters. The summed E-state index contributed by atoms with van der Waals surface area (Å²) in [4.78, 5) is 48.2. The van der Waals surface area contributed by atoms with Gasteiger partial charge in [-0.05, 0) is 43.7 Å². The Balaban J connectivity index is 1.71. The van der Waals surface area contributed by atoms with E-state index in [1.54, 1.807) is 31.2 Å². The molecule has 1 N–H and O–H groups in total. The van der Waals surface area contributed by atoms with E-state index >= 15 is 0 Å². The summed E-state index contributed by atoms with van der Waals surface area (Å²) in [6, 6.07) is 11.6. The lowest BCUT2D eigenvalue weighted by atomic mass is 9.92. The Labute approximate surface area is 166 Å². The molecule has 0 saturated carbocycles. The zero-order valence-electron chi connectivity index (χ0n) is 15.9. The van der Waals surface area contributed by atoms with E-state index in [1.807, 2.05) is 0 Å². The number of nitrogens with zero attached hydrogens (tertiary/aromatic N) is 2. The molecular formula is C20H19N3O6. The third-order valence-electron chi connectivity index (χ3n) is 4.77. The van der Waals surface area contributed by atoms with Gasteiger partial charge in [0.15, 0.2) is 5.78 Å². The highest BCUT2D eigenvalue weighted by molar-refractivity contribution is 6.07. The minimum Gasteiger partial charge on any atom is -0.491 e. The summed E-state index contributed by atoms with van der Waals surface area (Å²) in [5.74, 6) is -0.258. The number of hydrogen-bond donors (Lipinski definition) is 1. The van der Waals surface area contributed by atoms with Crippen LogP contribution in [0.4, 0.5) is 10.5 Å². The molecule has 2 aromatic carbocycles. The van der Waals surface area contributed by atoms with E-state index in [0.29, 0.717) is 16.9 Å². The molecule has 0 bridgehead atoms. The number of para-hydroxylation sites is 1. The van der Waals surface area contributed by atoms with E-state index in [0.717, 1.165) is 4.90 Å². The predicted molar refractivity (Wildman–Crippen MR) is 103 cm³/mol. The quantitative estimate of drug-likeness (QED) is 0.332. The van der Waals surface area contributed by atoms with Crippen molar-refractivity contribution in [2.45, 2.75) is 19.4 Å².